The first-order chi connectivity index (χ1) is 7.06. The number of amidine groups is 1. The maximum absolute atomic E-state index is 11.0. The predicted octanol–water partition coefficient (Wildman–Crippen LogP) is 2.82. The highest BCUT2D eigenvalue weighted by atomic mass is 35.5. The molecule has 0 heterocycles. The van der Waals surface area contributed by atoms with Gasteiger partial charge in [0, 0.05) is 10.5 Å². The van der Waals surface area contributed by atoms with Crippen LogP contribution in [-0.4, -0.2) is 17.3 Å². The number of thiol groups is 1. The van der Waals surface area contributed by atoms with Gasteiger partial charge in [0.25, 0.3) is 0 Å². The van der Waals surface area contributed by atoms with Crippen LogP contribution in [0.3, 0.4) is 0 Å². The molecule has 0 aliphatic carbocycles. The summed E-state index contributed by atoms with van der Waals surface area (Å²) in [6, 6.07) is 5.15. The normalized spacial score (nSPS) is 11.5. The van der Waals surface area contributed by atoms with E-state index in [9.17, 15) is 4.79 Å². The van der Waals surface area contributed by atoms with E-state index in [-0.39, 0.29) is 11.1 Å². The average Bonchev–Trinajstić information content (AvgIpc) is 2.17. The quantitative estimate of drug-likeness (QED) is 0.464. The summed E-state index contributed by atoms with van der Waals surface area (Å²) in [6.45, 7) is 0. The van der Waals surface area contributed by atoms with Crippen molar-refractivity contribution in [2.45, 2.75) is 4.90 Å². The minimum absolute atomic E-state index is 0.0879. The van der Waals surface area contributed by atoms with Crippen molar-refractivity contribution < 1.29 is 4.79 Å². The molecule has 0 spiro atoms. The number of carbonyl (C=O) groups excluding carboxylic acids is 1. The van der Waals surface area contributed by atoms with E-state index >= 15 is 0 Å². The molecule has 2 N–H and O–H groups in total. The lowest BCUT2D eigenvalue weighted by Gasteiger charge is -2.05. The molecular formula is C9H9ClN2OS2. The zero-order valence-electron chi connectivity index (χ0n) is 7.90. The average molecular weight is 261 g/mol. The molecule has 0 atom stereocenters. The van der Waals surface area contributed by atoms with Crippen LogP contribution in [0.1, 0.15) is 5.56 Å². The molecule has 1 aromatic carbocycles. The van der Waals surface area contributed by atoms with Gasteiger partial charge in [-0.2, -0.15) is 4.99 Å². The SMILES string of the molecule is CSC(=O)/N=C(\N)c1c(S)cccc1Cl. The van der Waals surface area contributed by atoms with E-state index in [2.05, 4.69) is 17.6 Å². The Morgan fingerprint density at radius 3 is 2.80 bits per heavy atom. The molecule has 0 unspecified atom stereocenters. The number of benzene rings is 1. The minimum Gasteiger partial charge on any atom is -0.383 e. The third-order valence-electron chi connectivity index (χ3n) is 1.63. The summed E-state index contributed by atoms with van der Waals surface area (Å²) in [5.41, 5.74) is 6.15. The fraction of sp³-hybridized carbons (Fsp3) is 0.111. The molecule has 1 aromatic rings. The number of halogens is 1. The highest BCUT2D eigenvalue weighted by Gasteiger charge is 2.09. The number of rotatable bonds is 1. The molecule has 0 radical (unpaired) electrons. The minimum atomic E-state index is -0.361. The van der Waals surface area contributed by atoms with Gasteiger partial charge in [-0.1, -0.05) is 29.4 Å². The van der Waals surface area contributed by atoms with Crippen LogP contribution in [0.25, 0.3) is 0 Å². The van der Waals surface area contributed by atoms with Crippen molar-refractivity contribution in [2.24, 2.45) is 10.7 Å². The molecule has 0 saturated heterocycles. The molecule has 15 heavy (non-hydrogen) atoms. The second-order valence-corrected chi connectivity index (χ2v) is 4.25. The van der Waals surface area contributed by atoms with Gasteiger partial charge >= 0.3 is 5.24 Å². The molecule has 0 aliphatic heterocycles. The smallest absolute Gasteiger partial charge is 0.306 e. The lowest BCUT2D eigenvalue weighted by atomic mass is 10.2. The summed E-state index contributed by atoms with van der Waals surface area (Å²) >= 11 is 11.1. The molecule has 0 aromatic heterocycles. The molecule has 0 saturated carbocycles. The number of amides is 1. The second-order valence-electron chi connectivity index (χ2n) is 2.60. The summed E-state index contributed by atoms with van der Waals surface area (Å²) in [6.07, 6.45) is 1.63. The summed E-state index contributed by atoms with van der Waals surface area (Å²) < 4.78 is 0. The van der Waals surface area contributed by atoms with E-state index in [0.29, 0.717) is 15.5 Å². The van der Waals surface area contributed by atoms with E-state index in [0.717, 1.165) is 11.8 Å². The molecule has 1 amide bonds. The first kappa shape index (κ1) is 12.4. The van der Waals surface area contributed by atoms with Gasteiger partial charge in [-0.3, -0.25) is 4.79 Å². The van der Waals surface area contributed by atoms with Gasteiger partial charge in [0.05, 0.1) is 5.02 Å². The Bertz CT molecular complexity index is 400. The second kappa shape index (κ2) is 5.44. The van der Waals surface area contributed by atoms with Crippen LogP contribution in [0.2, 0.25) is 5.02 Å². The summed E-state index contributed by atoms with van der Waals surface area (Å²) in [4.78, 5) is 15.3. The zero-order valence-corrected chi connectivity index (χ0v) is 10.4. The number of nitrogens with zero attached hydrogens (tertiary/aromatic N) is 1. The maximum Gasteiger partial charge on any atom is 0.306 e. The number of thioether (sulfide) groups is 1. The first-order valence-electron chi connectivity index (χ1n) is 3.96. The molecule has 0 aliphatic rings. The van der Waals surface area contributed by atoms with Gasteiger partial charge in [-0.15, -0.1) is 12.6 Å². The Balaban J connectivity index is 3.16. The Hall–Kier alpha value is -0.650. The summed E-state index contributed by atoms with van der Waals surface area (Å²) in [5.74, 6) is 0.0879. The van der Waals surface area contributed by atoms with Crippen molar-refractivity contribution in [3.8, 4) is 0 Å². The summed E-state index contributed by atoms with van der Waals surface area (Å²) in [7, 11) is 0. The van der Waals surface area contributed by atoms with Gasteiger partial charge in [0.15, 0.2) is 0 Å². The highest BCUT2D eigenvalue weighted by Crippen LogP contribution is 2.22. The molecule has 1 rings (SSSR count). The van der Waals surface area contributed by atoms with Crippen LogP contribution >= 0.6 is 36.0 Å². The van der Waals surface area contributed by atoms with E-state index in [1.165, 1.54) is 0 Å². The topological polar surface area (TPSA) is 55.5 Å². The van der Waals surface area contributed by atoms with Gasteiger partial charge < -0.3 is 5.73 Å². The van der Waals surface area contributed by atoms with E-state index in [4.69, 9.17) is 17.3 Å². The predicted molar refractivity (Wildman–Crippen MR) is 68.3 cm³/mol. The third-order valence-corrected chi connectivity index (χ3v) is 2.76. The Morgan fingerprint density at radius 2 is 2.27 bits per heavy atom. The van der Waals surface area contributed by atoms with Crippen molar-refractivity contribution >= 4 is 47.1 Å². The molecule has 0 bridgehead atoms. The maximum atomic E-state index is 11.0. The fourth-order valence-electron chi connectivity index (χ4n) is 0.966. The Kier molecular flexibility index (Phi) is 4.50. The van der Waals surface area contributed by atoms with E-state index < -0.39 is 0 Å². The van der Waals surface area contributed by atoms with E-state index in [1.54, 1.807) is 24.5 Å². The molecular weight excluding hydrogens is 252 g/mol. The van der Waals surface area contributed by atoms with Crippen LogP contribution in [0.5, 0.6) is 0 Å². The monoisotopic (exact) mass is 260 g/mol. The van der Waals surface area contributed by atoms with Crippen LogP contribution < -0.4 is 5.73 Å². The van der Waals surface area contributed by atoms with Crippen molar-refractivity contribution in [3.63, 3.8) is 0 Å². The van der Waals surface area contributed by atoms with Crippen LogP contribution in [-0.2, 0) is 0 Å². The lowest BCUT2D eigenvalue weighted by molar-refractivity contribution is 0.267. The largest absolute Gasteiger partial charge is 0.383 e. The Labute approximate surface area is 103 Å². The molecule has 80 valence electrons. The Morgan fingerprint density at radius 1 is 1.60 bits per heavy atom. The number of hydrogen-bond acceptors (Lipinski definition) is 3. The van der Waals surface area contributed by atoms with Gasteiger partial charge in [-0.05, 0) is 18.4 Å². The first-order valence-corrected chi connectivity index (χ1v) is 6.01. The van der Waals surface area contributed by atoms with Crippen molar-refractivity contribution in [1.82, 2.24) is 0 Å². The highest BCUT2D eigenvalue weighted by molar-refractivity contribution is 8.13. The van der Waals surface area contributed by atoms with Crippen LogP contribution in [0.15, 0.2) is 28.1 Å². The number of carbonyl (C=O) groups is 1. The molecule has 0 fully saturated rings. The van der Waals surface area contributed by atoms with Crippen LogP contribution in [0.4, 0.5) is 4.79 Å². The third kappa shape index (κ3) is 3.15. The van der Waals surface area contributed by atoms with E-state index in [1.807, 2.05) is 0 Å². The molecule has 6 heteroatoms. The van der Waals surface area contributed by atoms with Gasteiger partial charge in [0.1, 0.15) is 5.84 Å². The number of aliphatic imine (C=N–C) groups is 1. The summed E-state index contributed by atoms with van der Waals surface area (Å²) in [5, 5.41) is 0.0674. The van der Waals surface area contributed by atoms with Crippen molar-refractivity contribution in [2.75, 3.05) is 6.26 Å². The lowest BCUT2D eigenvalue weighted by Crippen LogP contribution is -2.16. The number of hydrogen-bond donors (Lipinski definition) is 2. The zero-order chi connectivity index (χ0) is 11.4. The molecule has 3 nitrogen and oxygen atoms in total. The van der Waals surface area contributed by atoms with Gasteiger partial charge in [0.2, 0.25) is 0 Å². The van der Waals surface area contributed by atoms with Crippen molar-refractivity contribution in [3.05, 3.63) is 28.8 Å². The standard InChI is InChI=1S/C9H9ClN2OS2/c1-15-9(13)12-8(11)7-5(10)3-2-4-6(7)14/h2-4,14H,1H3,(H2,11,12,13). The van der Waals surface area contributed by atoms with Crippen LogP contribution in [0, 0.1) is 0 Å². The number of nitrogens with two attached hydrogens (primary N) is 1. The fourth-order valence-corrected chi connectivity index (χ4v) is 1.81. The van der Waals surface area contributed by atoms with Crippen molar-refractivity contribution in [1.29, 1.82) is 0 Å². The van der Waals surface area contributed by atoms with Gasteiger partial charge in [-0.25, -0.2) is 0 Å².